The minimum absolute atomic E-state index is 0.437. The van der Waals surface area contributed by atoms with Crippen molar-refractivity contribution in [2.45, 2.75) is 0 Å². The molecule has 0 fully saturated rings. The van der Waals surface area contributed by atoms with Crippen LogP contribution in [0.5, 0.6) is 0 Å². The zero-order valence-electron chi connectivity index (χ0n) is 3.46. The molecule has 0 aromatic carbocycles. The Labute approximate surface area is 39.5 Å². The van der Waals surface area contributed by atoms with E-state index in [0.717, 1.165) is 0 Å². The van der Waals surface area contributed by atoms with Crippen LogP contribution < -0.4 is 16.8 Å². The molecule has 0 bridgehead atoms. The minimum atomic E-state index is -1.37. The molecule has 0 amide bonds. The van der Waals surface area contributed by atoms with Crippen molar-refractivity contribution < 1.29 is 10.5 Å². The fraction of sp³-hybridized carbons (Fsp3) is 0. The molecule has 0 aliphatic carbocycles. The van der Waals surface area contributed by atoms with E-state index in [2.05, 4.69) is 16.6 Å². The molecule has 42 valence electrons. The third-order valence-corrected chi connectivity index (χ3v) is 0.225. The Morgan fingerprint density at radius 1 is 1.71 bits per heavy atom. The maximum absolute atomic E-state index is 9.46. The first-order valence-corrected chi connectivity index (χ1v) is 1.45. The lowest BCUT2D eigenvalue weighted by Gasteiger charge is -2.01. The summed E-state index contributed by atoms with van der Waals surface area (Å²) < 4.78 is 0. The van der Waals surface area contributed by atoms with E-state index in [1.54, 1.807) is 0 Å². The van der Waals surface area contributed by atoms with Crippen molar-refractivity contribution in [3.8, 4) is 0 Å². The highest BCUT2D eigenvalue weighted by Gasteiger charge is 1.81. The zero-order chi connectivity index (χ0) is 5.86. The summed E-state index contributed by atoms with van der Waals surface area (Å²) in [5.74, 6) is -0.437. The van der Waals surface area contributed by atoms with E-state index in [-0.39, 0.29) is 0 Å². The van der Waals surface area contributed by atoms with Gasteiger partial charge in [-0.1, -0.05) is 5.34 Å². The molecule has 0 saturated carbocycles. The van der Waals surface area contributed by atoms with Gasteiger partial charge >= 0.3 is 0 Å². The maximum Gasteiger partial charge on any atom is 0.248 e. The van der Waals surface area contributed by atoms with Crippen LogP contribution in [-0.4, -0.2) is 11.2 Å². The van der Waals surface area contributed by atoms with Crippen molar-refractivity contribution in [1.82, 2.24) is 0 Å². The normalized spacial score (nSPS) is 12.9. The smallest absolute Gasteiger partial charge is 0.248 e. The van der Waals surface area contributed by atoms with Crippen LogP contribution in [0.15, 0.2) is 5.10 Å². The van der Waals surface area contributed by atoms with Gasteiger partial charge in [-0.2, -0.15) is 5.21 Å². The Morgan fingerprint density at radius 3 is 2.14 bits per heavy atom. The minimum Gasteiger partial charge on any atom is -0.572 e. The summed E-state index contributed by atoms with van der Waals surface area (Å²) in [6, 6.07) is 0. The lowest BCUT2D eigenvalue weighted by atomic mass is 11.1. The lowest BCUT2D eigenvalue weighted by Crippen LogP contribution is -3.00. The largest absolute Gasteiger partial charge is 0.572 e. The summed E-state index contributed by atoms with van der Waals surface area (Å²) in [6.07, 6.45) is 0. The summed E-state index contributed by atoms with van der Waals surface area (Å²) in [7, 11) is 0. The van der Waals surface area contributed by atoms with Crippen molar-refractivity contribution in [3.63, 3.8) is 0 Å². The number of hydrogen-bond acceptors (Lipinski definition) is 3. The van der Waals surface area contributed by atoms with E-state index >= 15 is 0 Å². The van der Waals surface area contributed by atoms with Gasteiger partial charge in [0.15, 0.2) is 0 Å². The molecule has 0 saturated heterocycles. The van der Waals surface area contributed by atoms with Crippen molar-refractivity contribution in [2.75, 3.05) is 0 Å². The Hall–Kier alpha value is -0.850. The van der Waals surface area contributed by atoms with Gasteiger partial charge in [0.2, 0.25) is 5.96 Å². The second-order valence-electron chi connectivity index (χ2n) is 0.819. The topological polar surface area (TPSA) is 112 Å². The van der Waals surface area contributed by atoms with Gasteiger partial charge in [-0.15, -0.1) is 0 Å². The third kappa shape index (κ3) is 5.15. The number of nitrogens with one attached hydrogen (secondary N) is 1. The van der Waals surface area contributed by atoms with Gasteiger partial charge in [-0.05, 0) is 5.10 Å². The number of nitrogens with zero attached hydrogens (tertiary/aromatic N) is 1. The molecule has 0 radical (unpaired) electrons. The number of nitrogens with two attached hydrogens (primary N) is 2. The molecule has 1 unspecified atom stereocenters. The third-order valence-electron chi connectivity index (χ3n) is 0.225. The van der Waals surface area contributed by atoms with E-state index in [1.807, 2.05) is 0 Å². The summed E-state index contributed by atoms with van der Waals surface area (Å²) in [5, 5.41) is 18.5. The van der Waals surface area contributed by atoms with Gasteiger partial charge < -0.3 is 16.7 Å². The molecule has 0 aromatic heterocycles. The van der Waals surface area contributed by atoms with Crippen LogP contribution in [0, 0.1) is 5.21 Å². The molecule has 0 aliphatic rings. The highest BCUT2D eigenvalue weighted by molar-refractivity contribution is 5.74. The fourth-order valence-corrected chi connectivity index (χ4v) is 0.110. The quantitative estimate of drug-likeness (QED) is 0.161. The number of rotatable bonds is 1. The predicted molar refractivity (Wildman–Crippen MR) is 21.9 cm³/mol. The summed E-state index contributed by atoms with van der Waals surface area (Å²) in [5.41, 5.74) is 9.28. The Balaban J connectivity index is 3.45. The molecule has 0 aromatic rings. The summed E-state index contributed by atoms with van der Waals surface area (Å²) in [6.45, 7) is 0. The highest BCUT2D eigenvalue weighted by atomic mass is 16.8. The predicted octanol–water partition coefficient (Wildman–Crippen LogP) is -3.05. The first-order valence-electron chi connectivity index (χ1n) is 1.45. The molecule has 6 heteroatoms. The van der Waals surface area contributed by atoms with E-state index in [4.69, 9.17) is 5.21 Å². The van der Waals surface area contributed by atoms with Crippen molar-refractivity contribution in [2.24, 2.45) is 16.6 Å². The fourth-order valence-electron chi connectivity index (χ4n) is 0.110. The maximum atomic E-state index is 9.46. The number of guanidine groups is 1. The SMILES string of the molecule is NC(N)=N[NH+]([O-])O. The van der Waals surface area contributed by atoms with Crippen LogP contribution in [0.1, 0.15) is 0 Å². The lowest BCUT2D eigenvalue weighted by molar-refractivity contribution is -1.05. The molecular formula is CH6N4O2. The van der Waals surface area contributed by atoms with Gasteiger partial charge in [0.05, 0.1) is 0 Å². The Bertz CT molecular complexity index is 73.8. The zero-order valence-corrected chi connectivity index (χ0v) is 3.46. The van der Waals surface area contributed by atoms with Gasteiger partial charge in [-0.25, -0.2) is 0 Å². The average Bonchev–Trinajstić information content (AvgIpc) is 1.27. The van der Waals surface area contributed by atoms with Crippen LogP contribution in [0.3, 0.4) is 0 Å². The van der Waals surface area contributed by atoms with Crippen molar-refractivity contribution >= 4 is 5.96 Å². The van der Waals surface area contributed by atoms with Crippen LogP contribution in [0.2, 0.25) is 0 Å². The first-order chi connectivity index (χ1) is 3.13. The van der Waals surface area contributed by atoms with E-state index < -0.39 is 11.3 Å². The standard InChI is InChI=1S/CH6N4O2/c2-1(3)4-5(6)7/h5-6H,(H4,2,3,4). The van der Waals surface area contributed by atoms with Crippen LogP contribution in [0.25, 0.3) is 0 Å². The average molecular weight is 106 g/mol. The molecule has 6 N–H and O–H groups in total. The van der Waals surface area contributed by atoms with Gasteiger partial charge in [0.25, 0.3) is 0 Å². The molecule has 7 heavy (non-hydrogen) atoms. The first kappa shape index (κ1) is 6.15. The van der Waals surface area contributed by atoms with E-state index in [1.165, 1.54) is 0 Å². The monoisotopic (exact) mass is 106 g/mol. The van der Waals surface area contributed by atoms with Crippen LogP contribution in [-0.2, 0) is 0 Å². The highest BCUT2D eigenvalue weighted by Crippen LogP contribution is 1.35. The Kier molecular flexibility index (Phi) is 2.06. The van der Waals surface area contributed by atoms with Crippen molar-refractivity contribution in [3.05, 3.63) is 5.21 Å². The van der Waals surface area contributed by atoms with E-state index in [0.29, 0.717) is 0 Å². The molecule has 0 aliphatic heterocycles. The molecule has 0 rings (SSSR count). The van der Waals surface area contributed by atoms with Gasteiger partial charge in [0.1, 0.15) is 0 Å². The van der Waals surface area contributed by atoms with Crippen molar-refractivity contribution in [1.29, 1.82) is 0 Å². The van der Waals surface area contributed by atoms with E-state index in [9.17, 15) is 5.21 Å². The van der Waals surface area contributed by atoms with Gasteiger partial charge in [-0.3, -0.25) is 0 Å². The number of hydrogen-bond donors (Lipinski definition) is 4. The van der Waals surface area contributed by atoms with Gasteiger partial charge in [0, 0.05) is 0 Å². The second-order valence-corrected chi connectivity index (χ2v) is 0.819. The molecule has 0 spiro atoms. The summed E-state index contributed by atoms with van der Waals surface area (Å²) >= 11 is 0. The molecule has 0 heterocycles. The Morgan fingerprint density at radius 2 is 2.14 bits per heavy atom. The van der Waals surface area contributed by atoms with Crippen LogP contribution >= 0.6 is 0 Å². The summed E-state index contributed by atoms with van der Waals surface area (Å²) in [4.78, 5) is 0. The molecule has 6 nitrogen and oxygen atoms in total. The molecule has 1 atom stereocenters. The second kappa shape index (κ2) is 2.35. The van der Waals surface area contributed by atoms with Crippen LogP contribution in [0.4, 0.5) is 0 Å². The number of quaternary nitrogens is 1. The molecular weight excluding hydrogens is 100 g/mol.